The van der Waals surface area contributed by atoms with Gasteiger partial charge in [0.2, 0.25) is 0 Å². The summed E-state index contributed by atoms with van der Waals surface area (Å²) >= 11 is 0. The second kappa shape index (κ2) is 13.3. The quantitative estimate of drug-likeness (QED) is 0.0952. The number of rotatable bonds is 6. The van der Waals surface area contributed by atoms with Crippen LogP contribution in [0.3, 0.4) is 0 Å². The first kappa shape index (κ1) is 38.0. The van der Waals surface area contributed by atoms with E-state index in [9.17, 15) is 19.2 Å². The molecule has 6 nitrogen and oxygen atoms in total. The highest BCUT2D eigenvalue weighted by Gasteiger charge is 2.39. The fraction of sp³-hybridized carbons (Fsp3) is 0.214. The van der Waals surface area contributed by atoms with Gasteiger partial charge < -0.3 is 0 Å². The van der Waals surface area contributed by atoms with Crippen LogP contribution < -0.4 is 9.80 Å². The Hall–Kier alpha value is -6.92. The van der Waals surface area contributed by atoms with Crippen molar-refractivity contribution in [3.05, 3.63) is 154 Å². The minimum Gasteiger partial charge on any atom is -0.268 e. The summed E-state index contributed by atoms with van der Waals surface area (Å²) in [4.78, 5) is 61.5. The molecule has 6 heteroatoms. The molecule has 0 N–H and O–H groups in total. The minimum atomic E-state index is -0.299. The molecule has 0 aliphatic carbocycles. The van der Waals surface area contributed by atoms with Crippen LogP contribution in [-0.4, -0.2) is 23.6 Å². The van der Waals surface area contributed by atoms with Crippen molar-refractivity contribution in [3.8, 4) is 0 Å². The van der Waals surface area contributed by atoms with Gasteiger partial charge in [-0.2, -0.15) is 0 Å². The molecule has 2 heterocycles. The van der Waals surface area contributed by atoms with Gasteiger partial charge in [0.05, 0.1) is 11.4 Å². The smallest absolute Gasteiger partial charge is 0.266 e. The lowest BCUT2D eigenvalue weighted by atomic mass is 9.84. The van der Waals surface area contributed by atoms with E-state index < -0.39 is 0 Å². The van der Waals surface area contributed by atoms with Crippen molar-refractivity contribution in [1.29, 1.82) is 0 Å². The standard InChI is InChI=1S/C56H46N2O4/c1-27(2)35-11-9-12-36(28(3)4)51(35)57-53(59)41-17-15-31-23-33-26-46-34(25-45(33)39-19-21-43(55(57)61)49(41)47(31)39)24-32-16-18-42-50-44(22-20-40(46)48(32)50)56(62)58(54(42)60)52-37(29(5)6)13-10-14-38(52)30(7)8/h9-30H,1-8H3. The van der Waals surface area contributed by atoms with Gasteiger partial charge in [-0.15, -0.1) is 0 Å². The average Bonchev–Trinajstić information content (AvgIpc) is 3.25. The van der Waals surface area contributed by atoms with Crippen LogP contribution in [0.2, 0.25) is 0 Å². The molecule has 62 heavy (non-hydrogen) atoms. The number of fused-ring (bicyclic) bond motifs is 4. The fourth-order valence-electron chi connectivity index (χ4n) is 10.7. The van der Waals surface area contributed by atoms with Gasteiger partial charge in [-0.1, -0.05) is 116 Å². The van der Waals surface area contributed by atoms with E-state index in [0.717, 1.165) is 76.1 Å². The summed E-state index contributed by atoms with van der Waals surface area (Å²) in [7, 11) is 0. The first-order valence-corrected chi connectivity index (χ1v) is 21.9. The first-order chi connectivity index (χ1) is 29.8. The lowest BCUT2D eigenvalue weighted by Crippen LogP contribution is -2.41. The van der Waals surface area contributed by atoms with Gasteiger partial charge in [0.15, 0.2) is 0 Å². The third kappa shape index (κ3) is 5.04. The van der Waals surface area contributed by atoms with Crippen molar-refractivity contribution in [3.63, 3.8) is 0 Å². The summed E-state index contributed by atoms with van der Waals surface area (Å²) in [5.41, 5.74) is 7.42. The van der Waals surface area contributed by atoms with Crippen LogP contribution in [-0.2, 0) is 0 Å². The molecule has 0 aromatic heterocycles. The molecule has 0 saturated heterocycles. The van der Waals surface area contributed by atoms with E-state index in [4.69, 9.17) is 0 Å². The summed E-state index contributed by atoms with van der Waals surface area (Å²) in [6.07, 6.45) is 0. The average molecular weight is 811 g/mol. The second-order valence-corrected chi connectivity index (χ2v) is 18.6. The molecule has 0 saturated carbocycles. The summed E-state index contributed by atoms with van der Waals surface area (Å²) in [5.74, 6) is -0.749. The van der Waals surface area contributed by atoms with E-state index in [-0.39, 0.29) is 47.3 Å². The Bertz CT molecular complexity index is 3190. The lowest BCUT2D eigenvalue weighted by molar-refractivity contribution is 0.0877. The molecule has 9 aromatic rings. The number of imide groups is 2. The Labute approximate surface area is 360 Å². The molecular weight excluding hydrogens is 765 g/mol. The Morgan fingerprint density at radius 2 is 0.629 bits per heavy atom. The molecule has 0 fully saturated rings. The van der Waals surface area contributed by atoms with Crippen LogP contribution in [0.4, 0.5) is 11.4 Å². The normalized spacial score (nSPS) is 14.5. The van der Waals surface area contributed by atoms with E-state index >= 15 is 0 Å². The first-order valence-electron chi connectivity index (χ1n) is 21.9. The van der Waals surface area contributed by atoms with Gasteiger partial charge >= 0.3 is 0 Å². The van der Waals surface area contributed by atoms with Crippen molar-refractivity contribution in [1.82, 2.24) is 0 Å². The van der Waals surface area contributed by atoms with Crippen molar-refractivity contribution in [2.75, 3.05) is 9.80 Å². The highest BCUT2D eigenvalue weighted by molar-refractivity contribution is 6.42. The van der Waals surface area contributed by atoms with Crippen molar-refractivity contribution in [2.24, 2.45) is 0 Å². The van der Waals surface area contributed by atoms with Crippen molar-refractivity contribution < 1.29 is 19.2 Å². The number of nitrogens with zero attached hydrogens (tertiary/aromatic N) is 2. The van der Waals surface area contributed by atoms with Crippen LogP contribution >= 0.6 is 0 Å². The topological polar surface area (TPSA) is 74.8 Å². The number of para-hydroxylation sites is 2. The zero-order chi connectivity index (χ0) is 43.2. The fourth-order valence-corrected chi connectivity index (χ4v) is 10.7. The maximum Gasteiger partial charge on any atom is 0.266 e. The molecular formula is C56H46N2O4. The molecule has 2 aliphatic rings. The maximum atomic E-state index is 14.7. The Kier molecular flexibility index (Phi) is 8.15. The minimum absolute atomic E-state index is 0.112. The number of benzene rings is 9. The molecule has 304 valence electrons. The molecule has 4 amide bonds. The third-order valence-electron chi connectivity index (χ3n) is 13.7. The zero-order valence-corrected chi connectivity index (χ0v) is 36.2. The van der Waals surface area contributed by atoms with Crippen LogP contribution in [0, 0.1) is 0 Å². The maximum absolute atomic E-state index is 14.7. The molecule has 0 unspecified atom stereocenters. The summed E-state index contributed by atoms with van der Waals surface area (Å²) < 4.78 is 0. The number of hydrogen-bond acceptors (Lipinski definition) is 4. The monoisotopic (exact) mass is 810 g/mol. The Morgan fingerprint density at radius 1 is 0.323 bits per heavy atom. The summed E-state index contributed by atoms with van der Waals surface area (Å²) in [6, 6.07) is 36.5. The number of anilines is 2. The van der Waals surface area contributed by atoms with Gasteiger partial charge in [0.1, 0.15) is 0 Å². The lowest BCUT2D eigenvalue weighted by Gasteiger charge is -2.32. The second-order valence-electron chi connectivity index (χ2n) is 18.6. The van der Waals surface area contributed by atoms with Crippen LogP contribution in [0.1, 0.15) is 143 Å². The van der Waals surface area contributed by atoms with Crippen molar-refractivity contribution in [2.45, 2.75) is 79.1 Å². The van der Waals surface area contributed by atoms with Crippen LogP contribution in [0.15, 0.2) is 109 Å². The van der Waals surface area contributed by atoms with Gasteiger partial charge in [-0.25, -0.2) is 9.80 Å². The predicted molar refractivity (Wildman–Crippen MR) is 254 cm³/mol. The molecule has 9 aromatic carbocycles. The van der Waals surface area contributed by atoms with Crippen LogP contribution in [0.25, 0.3) is 64.6 Å². The molecule has 0 bridgehead atoms. The highest BCUT2D eigenvalue weighted by Crippen LogP contribution is 2.47. The van der Waals surface area contributed by atoms with E-state index in [1.807, 2.05) is 84.9 Å². The molecule has 0 atom stereocenters. The van der Waals surface area contributed by atoms with Gasteiger partial charge in [0.25, 0.3) is 23.6 Å². The highest BCUT2D eigenvalue weighted by atomic mass is 16.2. The van der Waals surface area contributed by atoms with E-state index in [2.05, 4.69) is 79.7 Å². The van der Waals surface area contributed by atoms with E-state index in [1.165, 1.54) is 9.80 Å². The molecule has 11 rings (SSSR count). The Balaban J connectivity index is 1.09. The summed E-state index contributed by atoms with van der Waals surface area (Å²) in [6.45, 7) is 16.8. The molecule has 0 spiro atoms. The number of hydrogen-bond donors (Lipinski definition) is 0. The summed E-state index contributed by atoms with van der Waals surface area (Å²) in [5, 5.41) is 11.1. The zero-order valence-electron chi connectivity index (χ0n) is 36.2. The number of amides is 4. The molecule has 2 aliphatic heterocycles. The van der Waals surface area contributed by atoms with Gasteiger partial charge in [-0.05, 0) is 148 Å². The largest absolute Gasteiger partial charge is 0.268 e. The van der Waals surface area contributed by atoms with E-state index in [1.54, 1.807) is 0 Å². The SMILES string of the molecule is CC(C)c1cccc(C(C)C)c1N1C(=O)c2ccc3cc4cc5c(cc6ccc7c8c(ccc5c68)C(=O)N(c5c(C(C)C)cccc5C(C)C)C7=O)cc4c4ccc(c2c34)C1=O. The van der Waals surface area contributed by atoms with Crippen LogP contribution in [0.5, 0.6) is 0 Å². The van der Waals surface area contributed by atoms with E-state index in [0.29, 0.717) is 44.4 Å². The van der Waals surface area contributed by atoms with Gasteiger partial charge in [-0.3, -0.25) is 19.2 Å². The molecule has 0 radical (unpaired) electrons. The van der Waals surface area contributed by atoms with Gasteiger partial charge in [0, 0.05) is 33.0 Å². The third-order valence-corrected chi connectivity index (χ3v) is 13.7. The van der Waals surface area contributed by atoms with Crippen molar-refractivity contribution >= 4 is 99.6 Å². The predicted octanol–water partition coefficient (Wildman–Crippen LogP) is 14.1. The number of carbonyl (C=O) groups excluding carboxylic acids is 4. The Morgan fingerprint density at radius 3 is 0.935 bits per heavy atom. The number of carbonyl (C=O) groups is 4.